The van der Waals surface area contributed by atoms with E-state index in [0.29, 0.717) is 14.1 Å². The fourth-order valence-corrected chi connectivity index (χ4v) is 2.88. The van der Waals surface area contributed by atoms with Crippen molar-refractivity contribution in [3.05, 3.63) is 43.9 Å². The lowest BCUT2D eigenvalue weighted by Crippen LogP contribution is -2.11. The van der Waals surface area contributed by atoms with Gasteiger partial charge in [0.15, 0.2) is 0 Å². The minimum Gasteiger partial charge on any atom is -0.320 e. The Balaban J connectivity index is 2.18. The zero-order valence-corrected chi connectivity index (χ0v) is 12.3. The second kappa shape index (κ2) is 5.36. The molecule has 0 aliphatic carbocycles. The monoisotopic (exact) mass is 379 g/mol. The number of carbonyl (C=O) groups is 1. The summed E-state index contributed by atoms with van der Waals surface area (Å²) < 4.78 is 13.6. The molecule has 1 aromatic carbocycles. The number of benzene rings is 1. The fraction of sp³-hybridized carbons (Fsp3) is 0. The summed E-state index contributed by atoms with van der Waals surface area (Å²) in [5, 5.41) is 4.52. The first-order valence-electron chi connectivity index (χ1n) is 4.60. The molecular weight excluding hydrogens is 372 g/mol. The molecule has 17 heavy (non-hydrogen) atoms. The van der Waals surface area contributed by atoms with Gasteiger partial charge in [-0.1, -0.05) is 0 Å². The number of thiol groups is 1. The van der Waals surface area contributed by atoms with Crippen molar-refractivity contribution in [3.8, 4) is 0 Å². The number of amides is 1. The smallest absolute Gasteiger partial charge is 0.265 e. The predicted molar refractivity (Wildman–Crippen MR) is 78.6 cm³/mol. The Morgan fingerprint density at radius 3 is 2.76 bits per heavy atom. The van der Waals surface area contributed by atoms with Crippen molar-refractivity contribution in [3.63, 3.8) is 0 Å². The molecule has 0 saturated carbocycles. The normalized spacial score (nSPS) is 10.3. The minimum absolute atomic E-state index is 0.208. The molecule has 0 saturated heterocycles. The van der Waals surface area contributed by atoms with Crippen molar-refractivity contribution < 1.29 is 9.18 Å². The van der Waals surface area contributed by atoms with Gasteiger partial charge in [-0.3, -0.25) is 4.79 Å². The van der Waals surface area contributed by atoms with Crippen LogP contribution in [-0.2, 0) is 0 Å². The van der Waals surface area contributed by atoms with Crippen LogP contribution in [0, 0.1) is 9.39 Å². The summed E-state index contributed by atoms with van der Waals surface area (Å²) in [5.41, 5.74) is 0.603. The minimum atomic E-state index is -0.318. The molecule has 0 unspecified atom stereocenters. The third-order valence-corrected chi connectivity index (χ3v) is 4.24. The molecule has 1 aromatic heterocycles. The quantitative estimate of drug-likeness (QED) is 0.599. The van der Waals surface area contributed by atoms with E-state index < -0.39 is 0 Å². The molecule has 0 aliphatic heterocycles. The van der Waals surface area contributed by atoms with Crippen LogP contribution in [0.4, 0.5) is 10.1 Å². The van der Waals surface area contributed by atoms with Crippen LogP contribution < -0.4 is 5.32 Å². The number of nitrogens with one attached hydrogen (secondary N) is 1. The highest BCUT2D eigenvalue weighted by Gasteiger charge is 2.10. The fourth-order valence-electron chi connectivity index (χ4n) is 1.22. The Hall–Kier alpha value is -0.600. The molecule has 1 amide bonds. The highest BCUT2D eigenvalue weighted by molar-refractivity contribution is 14.1. The molecule has 0 aliphatic rings. The number of thiophene rings is 1. The molecule has 2 aromatic rings. The van der Waals surface area contributed by atoms with Gasteiger partial charge in [0.05, 0.1) is 10.6 Å². The van der Waals surface area contributed by atoms with Crippen LogP contribution in [0.5, 0.6) is 0 Å². The average Bonchev–Trinajstić information content (AvgIpc) is 2.69. The van der Waals surface area contributed by atoms with Gasteiger partial charge in [-0.05, 0) is 46.9 Å². The summed E-state index contributed by atoms with van der Waals surface area (Å²) in [6.07, 6.45) is 0. The predicted octanol–water partition coefficient (Wildman–Crippen LogP) is 4.03. The third kappa shape index (κ3) is 3.20. The summed E-state index contributed by atoms with van der Waals surface area (Å²) in [4.78, 5) is 13.2. The van der Waals surface area contributed by atoms with Crippen LogP contribution in [-0.4, -0.2) is 5.91 Å². The zero-order chi connectivity index (χ0) is 12.4. The Morgan fingerprint density at radius 1 is 1.41 bits per heavy atom. The maximum absolute atomic E-state index is 12.9. The van der Waals surface area contributed by atoms with Gasteiger partial charge in [-0.15, -0.1) is 24.0 Å². The lowest BCUT2D eigenvalue weighted by molar-refractivity contribution is 0.103. The molecule has 0 atom stereocenters. The Morgan fingerprint density at radius 2 is 2.18 bits per heavy atom. The largest absolute Gasteiger partial charge is 0.320 e. The van der Waals surface area contributed by atoms with Crippen LogP contribution in [0.25, 0.3) is 0 Å². The van der Waals surface area contributed by atoms with Crippen molar-refractivity contribution in [1.29, 1.82) is 0 Å². The van der Waals surface area contributed by atoms with Crippen molar-refractivity contribution in [1.82, 2.24) is 0 Å². The number of hydrogen-bond donors (Lipinski definition) is 2. The van der Waals surface area contributed by atoms with Crippen LogP contribution in [0.1, 0.15) is 9.67 Å². The van der Waals surface area contributed by atoms with Crippen molar-refractivity contribution >= 4 is 58.2 Å². The van der Waals surface area contributed by atoms with Crippen LogP contribution in [0.2, 0.25) is 0 Å². The first-order chi connectivity index (χ1) is 8.06. The van der Waals surface area contributed by atoms with E-state index in [1.54, 1.807) is 17.5 Å². The molecular formula is C11H7FINOS2. The second-order valence-electron chi connectivity index (χ2n) is 3.25. The molecule has 1 N–H and O–H groups in total. The Labute approximate surface area is 121 Å². The summed E-state index contributed by atoms with van der Waals surface area (Å²) in [7, 11) is 0. The molecule has 0 bridgehead atoms. The lowest BCUT2D eigenvalue weighted by atomic mass is 10.3. The topological polar surface area (TPSA) is 29.1 Å². The van der Waals surface area contributed by atoms with Crippen LogP contribution >= 0.6 is 46.6 Å². The second-order valence-corrected chi connectivity index (χ2v) is 5.84. The van der Waals surface area contributed by atoms with E-state index in [2.05, 4.69) is 17.9 Å². The van der Waals surface area contributed by atoms with Crippen LogP contribution in [0.15, 0.2) is 34.5 Å². The van der Waals surface area contributed by atoms with Gasteiger partial charge in [-0.2, -0.15) is 0 Å². The summed E-state index contributed by atoms with van der Waals surface area (Å²) in [5.74, 6) is -0.527. The Bertz CT molecular complexity index is 570. The average molecular weight is 379 g/mol. The van der Waals surface area contributed by atoms with Gasteiger partial charge in [0.2, 0.25) is 0 Å². The van der Waals surface area contributed by atoms with E-state index >= 15 is 0 Å². The SMILES string of the molecule is O=C(Nc1ccc(F)cc1I)c1cc(S)cs1. The van der Waals surface area contributed by atoms with Gasteiger partial charge in [0, 0.05) is 13.8 Å². The third-order valence-electron chi connectivity index (χ3n) is 1.99. The highest BCUT2D eigenvalue weighted by atomic mass is 127. The molecule has 2 nitrogen and oxygen atoms in total. The van der Waals surface area contributed by atoms with Gasteiger partial charge < -0.3 is 5.32 Å². The molecule has 0 fully saturated rings. The number of hydrogen-bond acceptors (Lipinski definition) is 3. The zero-order valence-electron chi connectivity index (χ0n) is 8.41. The van der Waals surface area contributed by atoms with Crippen molar-refractivity contribution in [2.24, 2.45) is 0 Å². The molecule has 6 heteroatoms. The number of rotatable bonds is 2. The van der Waals surface area contributed by atoms with E-state index in [1.165, 1.54) is 23.5 Å². The van der Waals surface area contributed by atoms with Gasteiger partial charge in [-0.25, -0.2) is 4.39 Å². The van der Waals surface area contributed by atoms with Gasteiger partial charge in [0.1, 0.15) is 5.82 Å². The Kier molecular flexibility index (Phi) is 4.05. The van der Waals surface area contributed by atoms with E-state index in [1.807, 2.05) is 22.6 Å². The van der Waals surface area contributed by atoms with Crippen molar-refractivity contribution in [2.45, 2.75) is 4.90 Å². The summed E-state index contributed by atoms with van der Waals surface area (Å²) in [6, 6.07) is 5.93. The first-order valence-corrected chi connectivity index (χ1v) is 7.01. The van der Waals surface area contributed by atoms with Gasteiger partial charge >= 0.3 is 0 Å². The van der Waals surface area contributed by atoms with Crippen molar-refractivity contribution in [2.75, 3.05) is 5.32 Å². The van der Waals surface area contributed by atoms with Crippen LogP contribution in [0.3, 0.4) is 0 Å². The molecule has 0 radical (unpaired) electrons. The summed E-state index contributed by atoms with van der Waals surface area (Å²) >= 11 is 7.44. The van der Waals surface area contributed by atoms with Gasteiger partial charge in [0.25, 0.3) is 5.91 Å². The standard InChI is InChI=1S/C11H7FINOS2/c12-6-1-2-9(8(13)3-6)14-11(15)10-4-7(16)5-17-10/h1-5,16H,(H,14,15). The maximum atomic E-state index is 12.9. The highest BCUT2D eigenvalue weighted by Crippen LogP contribution is 2.22. The van der Waals surface area contributed by atoms with E-state index in [4.69, 9.17) is 0 Å². The van der Waals surface area contributed by atoms with E-state index in [0.717, 1.165) is 4.90 Å². The number of carbonyl (C=O) groups excluding carboxylic acids is 1. The maximum Gasteiger partial charge on any atom is 0.265 e. The number of anilines is 1. The molecule has 0 spiro atoms. The molecule has 2 rings (SSSR count). The first kappa shape index (κ1) is 12.8. The molecule has 88 valence electrons. The summed E-state index contributed by atoms with van der Waals surface area (Å²) in [6.45, 7) is 0. The van der Waals surface area contributed by atoms with E-state index in [-0.39, 0.29) is 11.7 Å². The van der Waals surface area contributed by atoms with E-state index in [9.17, 15) is 9.18 Å². The lowest BCUT2D eigenvalue weighted by Gasteiger charge is -2.05. The molecule has 1 heterocycles. The number of halogens is 2.